The number of anilines is 1. The van der Waals surface area contributed by atoms with Crippen molar-refractivity contribution in [2.45, 2.75) is 50.6 Å². The highest BCUT2D eigenvalue weighted by molar-refractivity contribution is 7.92. The fourth-order valence-electron chi connectivity index (χ4n) is 4.49. The third-order valence-corrected chi connectivity index (χ3v) is 9.34. The number of hydrogen-bond acceptors (Lipinski definition) is 6. The van der Waals surface area contributed by atoms with Crippen molar-refractivity contribution in [3.05, 3.63) is 82.3 Å². The molecule has 2 amide bonds. The molecule has 0 fully saturated rings. The number of carbonyl (C=O) groups excluding carboxylic acids is 2. The van der Waals surface area contributed by atoms with Crippen LogP contribution in [0.4, 0.5) is 5.69 Å². The summed E-state index contributed by atoms with van der Waals surface area (Å²) in [5.41, 5.74) is 0.816. The Morgan fingerprint density at radius 1 is 0.907 bits per heavy atom. The molecule has 0 aromatic heterocycles. The van der Waals surface area contributed by atoms with E-state index in [2.05, 4.69) is 5.32 Å². The first kappa shape index (κ1) is 34.0. The Kier molecular flexibility index (Phi) is 12.5. The fraction of sp³-hybridized carbons (Fsp3) is 0.355. The van der Waals surface area contributed by atoms with Gasteiger partial charge in [-0.05, 0) is 54.8 Å². The number of amides is 2. The fourth-order valence-corrected chi connectivity index (χ4v) is 6.24. The summed E-state index contributed by atoms with van der Waals surface area (Å²) in [6.45, 7) is 3.68. The number of nitrogens with one attached hydrogen (secondary N) is 1. The molecule has 9 nitrogen and oxygen atoms in total. The summed E-state index contributed by atoms with van der Waals surface area (Å²) < 4.78 is 39.8. The molecular formula is C31H37Cl2N3O6S. The summed E-state index contributed by atoms with van der Waals surface area (Å²) in [5.74, 6) is -0.230. The van der Waals surface area contributed by atoms with Gasteiger partial charge in [0.05, 0.1) is 34.8 Å². The molecule has 3 rings (SSSR count). The van der Waals surface area contributed by atoms with Gasteiger partial charge in [-0.3, -0.25) is 13.9 Å². The van der Waals surface area contributed by atoms with Crippen LogP contribution in [0.1, 0.15) is 38.7 Å². The molecule has 0 saturated carbocycles. The zero-order valence-electron chi connectivity index (χ0n) is 24.7. The predicted octanol–water partition coefficient (Wildman–Crippen LogP) is 5.93. The minimum Gasteiger partial charge on any atom is -0.493 e. The number of halogens is 2. The van der Waals surface area contributed by atoms with Crippen LogP contribution in [-0.2, 0) is 26.2 Å². The van der Waals surface area contributed by atoms with Gasteiger partial charge >= 0.3 is 0 Å². The Balaban J connectivity index is 2.09. The van der Waals surface area contributed by atoms with E-state index < -0.39 is 28.5 Å². The smallest absolute Gasteiger partial charge is 0.264 e. The summed E-state index contributed by atoms with van der Waals surface area (Å²) in [6, 6.07) is 16.5. The Hall–Kier alpha value is -3.47. The Morgan fingerprint density at radius 3 is 2.21 bits per heavy atom. The summed E-state index contributed by atoms with van der Waals surface area (Å²) in [7, 11) is -1.33. The zero-order chi connectivity index (χ0) is 31.6. The van der Waals surface area contributed by atoms with Crippen molar-refractivity contribution in [1.29, 1.82) is 0 Å². The van der Waals surface area contributed by atoms with Crippen LogP contribution in [0.3, 0.4) is 0 Å². The maximum absolute atomic E-state index is 14.2. The maximum Gasteiger partial charge on any atom is 0.264 e. The van der Waals surface area contributed by atoms with Gasteiger partial charge in [0, 0.05) is 19.2 Å². The predicted molar refractivity (Wildman–Crippen MR) is 170 cm³/mol. The number of hydrogen-bond donors (Lipinski definition) is 1. The monoisotopic (exact) mass is 649 g/mol. The Morgan fingerprint density at radius 2 is 1.60 bits per heavy atom. The lowest BCUT2D eigenvalue weighted by Crippen LogP contribution is -2.52. The van der Waals surface area contributed by atoms with E-state index in [0.29, 0.717) is 34.3 Å². The topological polar surface area (TPSA) is 105 Å². The molecule has 0 aliphatic heterocycles. The average molecular weight is 651 g/mol. The van der Waals surface area contributed by atoms with Crippen LogP contribution >= 0.6 is 23.2 Å². The first-order valence-electron chi connectivity index (χ1n) is 13.9. The van der Waals surface area contributed by atoms with E-state index in [1.807, 2.05) is 6.92 Å². The summed E-state index contributed by atoms with van der Waals surface area (Å²) >= 11 is 12.4. The lowest BCUT2D eigenvalue weighted by molar-refractivity contribution is -0.140. The van der Waals surface area contributed by atoms with Crippen LogP contribution in [0.25, 0.3) is 0 Å². The molecule has 0 aliphatic rings. The van der Waals surface area contributed by atoms with Crippen LogP contribution in [0.15, 0.2) is 71.6 Å². The number of sulfonamides is 1. The summed E-state index contributed by atoms with van der Waals surface area (Å²) in [4.78, 5) is 28.9. The molecule has 0 unspecified atom stereocenters. The number of nitrogens with zero attached hydrogens (tertiary/aromatic N) is 2. The lowest BCUT2D eigenvalue weighted by Gasteiger charge is -2.33. The third-order valence-electron chi connectivity index (χ3n) is 6.82. The molecule has 0 saturated heterocycles. The third kappa shape index (κ3) is 8.55. The molecular weight excluding hydrogens is 613 g/mol. The first-order chi connectivity index (χ1) is 20.6. The van der Waals surface area contributed by atoms with E-state index in [4.69, 9.17) is 32.7 Å². The van der Waals surface area contributed by atoms with Crippen molar-refractivity contribution in [2.24, 2.45) is 0 Å². The highest BCUT2D eigenvalue weighted by Crippen LogP contribution is 2.34. The largest absolute Gasteiger partial charge is 0.493 e. The van der Waals surface area contributed by atoms with Gasteiger partial charge < -0.3 is 19.7 Å². The van der Waals surface area contributed by atoms with Crippen LogP contribution < -0.4 is 19.1 Å². The minimum atomic E-state index is -4.23. The molecule has 0 heterocycles. The summed E-state index contributed by atoms with van der Waals surface area (Å²) in [6.07, 6.45) is 1.97. The number of rotatable bonds is 15. The Bertz CT molecular complexity index is 1500. The van der Waals surface area contributed by atoms with Crippen molar-refractivity contribution >= 4 is 50.7 Å². The van der Waals surface area contributed by atoms with Crippen molar-refractivity contribution in [1.82, 2.24) is 10.2 Å². The maximum atomic E-state index is 14.2. The molecule has 0 aliphatic carbocycles. The average Bonchev–Trinajstić information content (AvgIpc) is 3.01. The molecule has 43 heavy (non-hydrogen) atoms. The van der Waals surface area contributed by atoms with Crippen LogP contribution in [0.5, 0.6) is 11.5 Å². The number of unbranched alkanes of at least 4 members (excludes halogenated alkanes) is 1. The van der Waals surface area contributed by atoms with Crippen LogP contribution in [-0.4, -0.2) is 58.5 Å². The molecule has 232 valence electrons. The van der Waals surface area contributed by atoms with E-state index in [0.717, 1.165) is 17.1 Å². The number of methoxy groups -OCH3 is 2. The van der Waals surface area contributed by atoms with Gasteiger partial charge in [0.25, 0.3) is 10.0 Å². The molecule has 3 aromatic carbocycles. The van der Waals surface area contributed by atoms with Gasteiger partial charge in [0.1, 0.15) is 12.6 Å². The van der Waals surface area contributed by atoms with E-state index in [9.17, 15) is 18.0 Å². The minimum absolute atomic E-state index is 0.000580. The normalized spacial score (nSPS) is 11.9. The van der Waals surface area contributed by atoms with Gasteiger partial charge in [-0.25, -0.2) is 8.42 Å². The molecule has 1 atom stereocenters. The highest BCUT2D eigenvalue weighted by Gasteiger charge is 2.34. The van der Waals surface area contributed by atoms with Crippen molar-refractivity contribution in [3.8, 4) is 11.5 Å². The summed E-state index contributed by atoms with van der Waals surface area (Å²) in [5, 5.41) is 3.55. The molecule has 0 radical (unpaired) electrons. The number of ether oxygens (including phenoxy) is 2. The van der Waals surface area contributed by atoms with Gasteiger partial charge in [-0.2, -0.15) is 0 Å². The zero-order valence-corrected chi connectivity index (χ0v) is 27.0. The second-order valence-electron chi connectivity index (χ2n) is 9.70. The van der Waals surface area contributed by atoms with Gasteiger partial charge in [0.15, 0.2) is 11.5 Å². The van der Waals surface area contributed by atoms with Crippen molar-refractivity contribution < 1.29 is 27.5 Å². The van der Waals surface area contributed by atoms with E-state index in [1.54, 1.807) is 49.4 Å². The lowest BCUT2D eigenvalue weighted by atomic mass is 10.1. The van der Waals surface area contributed by atoms with Crippen LogP contribution in [0.2, 0.25) is 10.0 Å². The SMILES string of the molecule is CCCCNC(=O)[C@@H](CC)N(Cc1ccc(Cl)c(Cl)c1)C(=O)CN(c1ccc(OC)c(OC)c1)S(=O)(=O)c1ccccc1. The number of benzene rings is 3. The van der Waals surface area contributed by atoms with Crippen molar-refractivity contribution in [2.75, 3.05) is 31.6 Å². The standard InChI is InChI=1S/C31H37Cl2N3O6S/c1-5-7-17-34-31(38)27(6-2)35(20-22-13-15-25(32)26(33)18-22)30(37)21-36(43(39,40)24-11-9-8-10-12-24)23-14-16-28(41-3)29(19-23)42-4/h8-16,18-19,27H,5-7,17,20-21H2,1-4H3,(H,34,38)/t27-/m1/s1. The quantitative estimate of drug-likeness (QED) is 0.205. The van der Waals surface area contributed by atoms with E-state index in [-0.39, 0.29) is 28.8 Å². The molecule has 0 spiro atoms. The van der Waals surface area contributed by atoms with Crippen molar-refractivity contribution in [3.63, 3.8) is 0 Å². The van der Waals surface area contributed by atoms with E-state index >= 15 is 0 Å². The van der Waals surface area contributed by atoms with Crippen LogP contribution in [0, 0.1) is 0 Å². The molecule has 0 bridgehead atoms. The van der Waals surface area contributed by atoms with E-state index in [1.165, 1.54) is 43.4 Å². The first-order valence-corrected chi connectivity index (χ1v) is 16.1. The number of carbonyl (C=O) groups is 2. The second kappa shape index (κ2) is 15.8. The second-order valence-corrected chi connectivity index (χ2v) is 12.4. The molecule has 1 N–H and O–H groups in total. The molecule has 3 aromatic rings. The Labute approximate surface area is 263 Å². The molecule has 12 heteroatoms. The van der Waals surface area contributed by atoms with Gasteiger partial charge in [0.2, 0.25) is 11.8 Å². The van der Waals surface area contributed by atoms with Gasteiger partial charge in [-0.1, -0.05) is 67.7 Å². The highest BCUT2D eigenvalue weighted by atomic mass is 35.5. The van der Waals surface area contributed by atoms with Gasteiger partial charge in [-0.15, -0.1) is 0 Å².